The molecular weight excluding hydrogens is 458 g/mol. The van der Waals surface area contributed by atoms with Crippen LogP contribution >= 0.6 is 11.3 Å². The SMILES string of the molecule is CCOC(=O)c1sc(-c2ccncc2)nc1NCc1ccc(CN2CCOCC2)cc1[N+](=O)[O-]. The average Bonchev–Trinajstić information content (AvgIpc) is 3.29. The van der Waals surface area contributed by atoms with Crippen LogP contribution < -0.4 is 5.32 Å². The Hall–Kier alpha value is -3.41. The van der Waals surface area contributed by atoms with E-state index in [9.17, 15) is 14.9 Å². The lowest BCUT2D eigenvalue weighted by Crippen LogP contribution is -2.35. The molecule has 0 atom stereocenters. The average molecular weight is 484 g/mol. The lowest BCUT2D eigenvalue weighted by Gasteiger charge is -2.26. The van der Waals surface area contributed by atoms with E-state index >= 15 is 0 Å². The standard InChI is InChI=1S/C23H25N5O5S/c1-2-33-23(29)20-21(26-22(34-20)17-5-7-24-8-6-17)25-14-18-4-3-16(13-19(18)28(30)31)15-27-9-11-32-12-10-27/h3-8,13,25H,2,9-12,14-15H2,1H3. The van der Waals surface area contributed by atoms with Crippen molar-refractivity contribution in [3.05, 3.63) is 68.8 Å². The molecular formula is C23H25N5O5S. The van der Waals surface area contributed by atoms with Gasteiger partial charge >= 0.3 is 5.97 Å². The van der Waals surface area contributed by atoms with Gasteiger partial charge < -0.3 is 14.8 Å². The Bertz CT molecular complexity index is 1150. The van der Waals surface area contributed by atoms with Crippen LogP contribution in [-0.2, 0) is 22.6 Å². The van der Waals surface area contributed by atoms with Gasteiger partial charge in [0.05, 0.1) is 24.7 Å². The molecule has 34 heavy (non-hydrogen) atoms. The Kier molecular flexibility index (Phi) is 7.78. The maximum absolute atomic E-state index is 12.5. The second-order valence-corrected chi connectivity index (χ2v) is 8.61. The number of rotatable bonds is 9. The molecule has 1 N–H and O–H groups in total. The monoisotopic (exact) mass is 483 g/mol. The smallest absolute Gasteiger partial charge is 0.352 e. The van der Waals surface area contributed by atoms with Crippen LogP contribution in [-0.4, -0.2) is 58.7 Å². The summed E-state index contributed by atoms with van der Waals surface area (Å²) >= 11 is 1.20. The van der Waals surface area contributed by atoms with Gasteiger partial charge in [0.2, 0.25) is 0 Å². The van der Waals surface area contributed by atoms with Crippen molar-refractivity contribution in [2.24, 2.45) is 0 Å². The molecule has 0 unspecified atom stereocenters. The molecule has 2 aromatic heterocycles. The number of benzene rings is 1. The predicted octanol–water partition coefficient (Wildman–Crippen LogP) is 3.73. The number of ether oxygens (including phenoxy) is 2. The number of hydrogen-bond donors (Lipinski definition) is 1. The molecule has 178 valence electrons. The minimum Gasteiger partial charge on any atom is -0.462 e. The molecule has 10 nitrogen and oxygen atoms in total. The number of esters is 1. The molecule has 1 saturated heterocycles. The Morgan fingerprint density at radius 3 is 2.74 bits per heavy atom. The van der Waals surface area contributed by atoms with Crippen LogP contribution in [0, 0.1) is 10.1 Å². The van der Waals surface area contributed by atoms with Gasteiger partial charge in [-0.05, 0) is 24.6 Å². The number of nitrogens with zero attached hydrogens (tertiary/aromatic N) is 4. The van der Waals surface area contributed by atoms with Crippen LogP contribution in [0.4, 0.5) is 11.5 Å². The van der Waals surface area contributed by atoms with Crippen molar-refractivity contribution in [2.45, 2.75) is 20.0 Å². The Morgan fingerprint density at radius 2 is 2.03 bits per heavy atom. The number of carbonyl (C=O) groups excluding carboxylic acids is 1. The summed E-state index contributed by atoms with van der Waals surface area (Å²) < 4.78 is 10.5. The minimum absolute atomic E-state index is 0.0283. The summed E-state index contributed by atoms with van der Waals surface area (Å²) in [4.78, 5) is 35.0. The van der Waals surface area contributed by atoms with E-state index in [1.165, 1.54) is 11.3 Å². The molecule has 1 fully saturated rings. The molecule has 0 aliphatic carbocycles. The van der Waals surface area contributed by atoms with Crippen molar-refractivity contribution in [2.75, 3.05) is 38.2 Å². The molecule has 11 heteroatoms. The first-order valence-corrected chi connectivity index (χ1v) is 11.7. The first-order chi connectivity index (χ1) is 16.5. The molecule has 1 aliphatic heterocycles. The van der Waals surface area contributed by atoms with Crippen molar-refractivity contribution >= 4 is 28.8 Å². The summed E-state index contributed by atoms with van der Waals surface area (Å²) in [7, 11) is 0. The molecule has 0 amide bonds. The van der Waals surface area contributed by atoms with Gasteiger partial charge in [-0.2, -0.15) is 0 Å². The summed E-state index contributed by atoms with van der Waals surface area (Å²) in [6.45, 7) is 5.68. The largest absolute Gasteiger partial charge is 0.462 e. The van der Waals surface area contributed by atoms with Crippen LogP contribution in [0.15, 0.2) is 42.7 Å². The van der Waals surface area contributed by atoms with Gasteiger partial charge in [-0.25, -0.2) is 9.78 Å². The highest BCUT2D eigenvalue weighted by atomic mass is 32.1. The molecule has 4 rings (SSSR count). The van der Waals surface area contributed by atoms with E-state index in [1.54, 1.807) is 43.6 Å². The lowest BCUT2D eigenvalue weighted by atomic mass is 10.1. The van der Waals surface area contributed by atoms with Gasteiger partial charge in [-0.1, -0.05) is 12.1 Å². The quantitative estimate of drug-likeness (QED) is 0.276. The van der Waals surface area contributed by atoms with Crippen molar-refractivity contribution in [3.63, 3.8) is 0 Å². The van der Waals surface area contributed by atoms with Crippen molar-refractivity contribution in [3.8, 4) is 10.6 Å². The van der Waals surface area contributed by atoms with Crippen molar-refractivity contribution < 1.29 is 19.2 Å². The van der Waals surface area contributed by atoms with E-state index in [0.29, 0.717) is 41.0 Å². The fourth-order valence-electron chi connectivity index (χ4n) is 3.62. The fraction of sp³-hybridized carbons (Fsp3) is 0.348. The number of hydrogen-bond acceptors (Lipinski definition) is 10. The van der Waals surface area contributed by atoms with Crippen LogP contribution in [0.1, 0.15) is 27.7 Å². The van der Waals surface area contributed by atoms with Gasteiger partial charge in [-0.15, -0.1) is 11.3 Å². The number of nitro groups is 1. The maximum atomic E-state index is 12.5. The van der Waals surface area contributed by atoms with Gasteiger partial charge in [0.1, 0.15) is 5.01 Å². The number of thiazole rings is 1. The fourth-order valence-corrected chi connectivity index (χ4v) is 4.56. The maximum Gasteiger partial charge on any atom is 0.352 e. The van der Waals surface area contributed by atoms with Gasteiger partial charge in [0.15, 0.2) is 10.7 Å². The summed E-state index contributed by atoms with van der Waals surface area (Å²) in [5.41, 5.74) is 2.22. The van der Waals surface area contributed by atoms with Gasteiger partial charge in [0.25, 0.3) is 5.69 Å². The zero-order valence-corrected chi connectivity index (χ0v) is 19.5. The summed E-state index contributed by atoms with van der Waals surface area (Å²) in [6.07, 6.45) is 3.30. The number of pyridine rings is 1. The van der Waals surface area contributed by atoms with Gasteiger partial charge in [0, 0.05) is 55.8 Å². The molecule has 3 aromatic rings. The van der Waals surface area contributed by atoms with E-state index in [-0.39, 0.29) is 23.8 Å². The van der Waals surface area contributed by atoms with E-state index in [1.807, 2.05) is 6.07 Å². The van der Waals surface area contributed by atoms with E-state index in [2.05, 4.69) is 20.2 Å². The first-order valence-electron chi connectivity index (χ1n) is 10.9. The number of aromatic nitrogens is 2. The summed E-state index contributed by atoms with van der Waals surface area (Å²) in [5.74, 6) is -0.153. The summed E-state index contributed by atoms with van der Waals surface area (Å²) in [6, 6.07) is 8.86. The third-order valence-corrected chi connectivity index (χ3v) is 6.40. The Morgan fingerprint density at radius 1 is 1.26 bits per heavy atom. The first kappa shape index (κ1) is 23.7. The number of morpholine rings is 1. The highest BCUT2D eigenvalue weighted by Crippen LogP contribution is 2.32. The highest BCUT2D eigenvalue weighted by Gasteiger charge is 2.22. The van der Waals surface area contributed by atoms with Crippen molar-refractivity contribution in [1.82, 2.24) is 14.9 Å². The lowest BCUT2D eigenvalue weighted by molar-refractivity contribution is -0.385. The van der Waals surface area contributed by atoms with Crippen molar-refractivity contribution in [1.29, 1.82) is 0 Å². The van der Waals surface area contributed by atoms with Crippen LogP contribution in [0.3, 0.4) is 0 Å². The molecule has 0 radical (unpaired) electrons. The third-order valence-electron chi connectivity index (χ3n) is 5.32. The topological polar surface area (TPSA) is 120 Å². The van der Waals surface area contributed by atoms with Gasteiger partial charge in [-0.3, -0.25) is 20.0 Å². The normalized spacial score (nSPS) is 14.0. The molecule has 0 spiro atoms. The second-order valence-electron chi connectivity index (χ2n) is 7.62. The number of carbonyl (C=O) groups is 1. The highest BCUT2D eigenvalue weighted by molar-refractivity contribution is 7.17. The van der Waals surface area contributed by atoms with Crippen LogP contribution in [0.5, 0.6) is 0 Å². The molecule has 0 saturated carbocycles. The zero-order valence-electron chi connectivity index (χ0n) is 18.7. The van der Waals surface area contributed by atoms with E-state index < -0.39 is 5.97 Å². The van der Waals surface area contributed by atoms with Crippen LogP contribution in [0.25, 0.3) is 10.6 Å². The predicted molar refractivity (Wildman–Crippen MR) is 128 cm³/mol. The molecule has 3 heterocycles. The minimum atomic E-state index is -0.488. The van der Waals surface area contributed by atoms with Crippen LogP contribution in [0.2, 0.25) is 0 Å². The molecule has 1 aliphatic rings. The molecule has 1 aromatic carbocycles. The van der Waals surface area contributed by atoms with E-state index in [0.717, 1.165) is 24.2 Å². The molecule has 0 bridgehead atoms. The summed E-state index contributed by atoms with van der Waals surface area (Å²) in [5, 5.41) is 15.5. The number of nitrogens with one attached hydrogen (secondary N) is 1. The van der Waals surface area contributed by atoms with E-state index in [4.69, 9.17) is 9.47 Å². The third kappa shape index (κ3) is 5.74. The Labute approximate surface area is 200 Å². The number of nitro benzene ring substituents is 1. The Balaban J connectivity index is 1.55. The number of anilines is 1. The second kappa shape index (κ2) is 11.1. The zero-order chi connectivity index (χ0) is 23.9.